The second-order valence-corrected chi connectivity index (χ2v) is 4.86. The van der Waals surface area contributed by atoms with Crippen LogP contribution in [0.25, 0.3) is 0 Å². The maximum Gasteiger partial charge on any atom is 0.417 e. The molecule has 2 aromatic rings. The number of hydrogen-bond donors (Lipinski definition) is 2. The highest BCUT2D eigenvalue weighted by atomic mass is 35.5. The van der Waals surface area contributed by atoms with Crippen LogP contribution in [-0.2, 0) is 6.18 Å². The third-order valence-corrected chi connectivity index (χ3v) is 3.32. The van der Waals surface area contributed by atoms with E-state index in [4.69, 9.17) is 22.7 Å². The van der Waals surface area contributed by atoms with Gasteiger partial charge in [-0.3, -0.25) is 10.2 Å². The first-order valence-corrected chi connectivity index (χ1v) is 6.45. The van der Waals surface area contributed by atoms with Crippen molar-refractivity contribution in [3.8, 4) is 0 Å². The molecule has 3 N–H and O–H groups in total. The van der Waals surface area contributed by atoms with E-state index in [1.54, 1.807) is 6.07 Å². The van der Waals surface area contributed by atoms with Gasteiger partial charge >= 0.3 is 6.18 Å². The number of para-hydroxylation sites is 1. The molecule has 0 spiro atoms. The minimum Gasteiger partial charge on any atom is -0.398 e. The van der Waals surface area contributed by atoms with E-state index in [1.807, 2.05) is 0 Å². The van der Waals surface area contributed by atoms with Gasteiger partial charge in [-0.05, 0) is 18.2 Å². The zero-order valence-electron chi connectivity index (χ0n) is 11.0. The number of halogens is 4. The first-order chi connectivity index (χ1) is 10.2. The Bertz CT molecular complexity index is 757. The molecular weight excluding hydrogens is 317 g/mol. The van der Waals surface area contributed by atoms with Gasteiger partial charge in [0.05, 0.1) is 16.1 Å². The van der Waals surface area contributed by atoms with Crippen molar-refractivity contribution in [1.82, 2.24) is 0 Å². The Balaban J connectivity index is 2.56. The maximum atomic E-state index is 13.0. The van der Waals surface area contributed by atoms with Crippen LogP contribution in [0.4, 0.5) is 18.9 Å². The average molecular weight is 327 g/mol. The average Bonchev–Trinajstić information content (AvgIpc) is 2.45. The Morgan fingerprint density at radius 3 is 2.32 bits per heavy atom. The standard InChI is InChI=1S/C15H10ClF3N2O/c16-10-6-3-5-9(15(17,18)19)12(10)14(22)13(21)8-4-1-2-7-11(8)20/h1-7,21H,20H2. The number of benzene rings is 2. The highest BCUT2D eigenvalue weighted by molar-refractivity contribution is 6.53. The van der Waals surface area contributed by atoms with Crippen LogP contribution in [0.1, 0.15) is 21.5 Å². The van der Waals surface area contributed by atoms with E-state index >= 15 is 0 Å². The number of nitrogens with two attached hydrogens (primary N) is 1. The number of carbonyl (C=O) groups is 1. The minimum absolute atomic E-state index is 0.0561. The predicted octanol–water partition coefficient (Wildman–Crippen LogP) is 4.19. The van der Waals surface area contributed by atoms with Crippen molar-refractivity contribution in [2.75, 3.05) is 5.73 Å². The molecule has 114 valence electrons. The van der Waals surface area contributed by atoms with Crippen LogP contribution >= 0.6 is 11.6 Å². The van der Waals surface area contributed by atoms with Crippen molar-refractivity contribution in [2.24, 2.45) is 0 Å². The number of alkyl halides is 3. The van der Waals surface area contributed by atoms with Gasteiger partial charge in [-0.15, -0.1) is 0 Å². The monoisotopic (exact) mass is 326 g/mol. The molecule has 0 unspecified atom stereocenters. The van der Waals surface area contributed by atoms with Crippen LogP contribution < -0.4 is 5.73 Å². The fourth-order valence-electron chi connectivity index (χ4n) is 1.96. The second-order valence-electron chi connectivity index (χ2n) is 4.45. The molecule has 0 aliphatic heterocycles. The van der Waals surface area contributed by atoms with Crippen LogP contribution in [-0.4, -0.2) is 11.5 Å². The van der Waals surface area contributed by atoms with E-state index in [0.717, 1.165) is 12.1 Å². The molecule has 0 heterocycles. The minimum atomic E-state index is -4.75. The van der Waals surface area contributed by atoms with Crippen LogP contribution in [0, 0.1) is 5.41 Å². The van der Waals surface area contributed by atoms with Gasteiger partial charge in [-0.1, -0.05) is 35.9 Å². The zero-order chi connectivity index (χ0) is 16.5. The third kappa shape index (κ3) is 2.96. The summed E-state index contributed by atoms with van der Waals surface area (Å²) >= 11 is 5.75. The van der Waals surface area contributed by atoms with Crippen molar-refractivity contribution in [3.05, 3.63) is 64.2 Å². The molecule has 7 heteroatoms. The molecule has 0 saturated carbocycles. The smallest absolute Gasteiger partial charge is 0.398 e. The number of nitrogen functional groups attached to an aromatic ring is 1. The van der Waals surface area contributed by atoms with Gasteiger partial charge in [0.25, 0.3) is 0 Å². The molecule has 0 atom stereocenters. The number of Topliss-reactive ketones (excluding diaryl/α,β-unsaturated/α-hetero) is 1. The number of nitrogens with one attached hydrogen (secondary N) is 1. The maximum absolute atomic E-state index is 13.0. The van der Waals surface area contributed by atoms with Crippen LogP contribution in [0.3, 0.4) is 0 Å². The van der Waals surface area contributed by atoms with Crippen molar-refractivity contribution < 1.29 is 18.0 Å². The Hall–Kier alpha value is -2.34. The number of rotatable bonds is 3. The van der Waals surface area contributed by atoms with Gasteiger partial charge in [-0.2, -0.15) is 13.2 Å². The molecule has 3 nitrogen and oxygen atoms in total. The van der Waals surface area contributed by atoms with E-state index in [-0.39, 0.29) is 16.3 Å². The van der Waals surface area contributed by atoms with E-state index in [2.05, 4.69) is 0 Å². The molecule has 0 radical (unpaired) electrons. The van der Waals surface area contributed by atoms with Gasteiger partial charge in [0.15, 0.2) is 0 Å². The number of anilines is 1. The molecule has 0 saturated heterocycles. The summed E-state index contributed by atoms with van der Waals surface area (Å²) in [6.45, 7) is 0. The number of carbonyl (C=O) groups excluding carboxylic acids is 1. The van der Waals surface area contributed by atoms with Gasteiger partial charge in [0.1, 0.15) is 5.71 Å². The summed E-state index contributed by atoms with van der Waals surface area (Å²) in [4.78, 5) is 12.3. The molecule has 0 aliphatic rings. The normalized spacial score (nSPS) is 11.3. The summed E-state index contributed by atoms with van der Waals surface area (Å²) in [5, 5.41) is 7.49. The Morgan fingerprint density at radius 1 is 1.09 bits per heavy atom. The summed E-state index contributed by atoms with van der Waals surface area (Å²) in [5.74, 6) is -1.13. The molecule has 0 fully saturated rings. The van der Waals surface area contributed by atoms with Crippen LogP contribution in [0.15, 0.2) is 42.5 Å². The Kier molecular flexibility index (Phi) is 4.23. The first-order valence-electron chi connectivity index (χ1n) is 6.07. The fourth-order valence-corrected chi connectivity index (χ4v) is 2.22. The molecule has 22 heavy (non-hydrogen) atoms. The number of hydrogen-bond acceptors (Lipinski definition) is 3. The SMILES string of the molecule is N=C(C(=O)c1c(Cl)cccc1C(F)(F)F)c1ccccc1N. The highest BCUT2D eigenvalue weighted by Gasteiger charge is 2.37. The molecule has 0 aliphatic carbocycles. The van der Waals surface area contributed by atoms with Gasteiger partial charge in [0.2, 0.25) is 5.78 Å². The molecular formula is C15H10ClF3N2O. The van der Waals surface area contributed by atoms with E-state index in [0.29, 0.717) is 0 Å². The molecule has 0 amide bonds. The molecule has 2 rings (SSSR count). The highest BCUT2D eigenvalue weighted by Crippen LogP contribution is 2.35. The largest absolute Gasteiger partial charge is 0.417 e. The lowest BCUT2D eigenvalue weighted by Crippen LogP contribution is -2.21. The summed E-state index contributed by atoms with van der Waals surface area (Å²) < 4.78 is 39.1. The van der Waals surface area contributed by atoms with Crippen LogP contribution in [0.2, 0.25) is 5.02 Å². The zero-order valence-corrected chi connectivity index (χ0v) is 11.8. The van der Waals surface area contributed by atoms with Gasteiger partial charge in [-0.25, -0.2) is 0 Å². The van der Waals surface area contributed by atoms with Crippen molar-refractivity contribution in [3.63, 3.8) is 0 Å². The van der Waals surface area contributed by atoms with Crippen molar-refractivity contribution in [2.45, 2.75) is 6.18 Å². The van der Waals surface area contributed by atoms with Gasteiger partial charge < -0.3 is 5.73 Å². The lowest BCUT2D eigenvalue weighted by molar-refractivity contribution is -0.137. The van der Waals surface area contributed by atoms with Crippen molar-refractivity contribution in [1.29, 1.82) is 5.41 Å². The first kappa shape index (κ1) is 16.0. The number of ketones is 1. The Morgan fingerprint density at radius 2 is 1.73 bits per heavy atom. The topological polar surface area (TPSA) is 66.9 Å². The summed E-state index contributed by atoms with van der Waals surface area (Å²) in [7, 11) is 0. The fraction of sp³-hybridized carbons (Fsp3) is 0.0667. The third-order valence-electron chi connectivity index (χ3n) is 3.00. The lowest BCUT2D eigenvalue weighted by Gasteiger charge is -2.14. The summed E-state index contributed by atoms with van der Waals surface area (Å²) in [5.41, 5.74) is 3.27. The quantitative estimate of drug-likeness (QED) is 0.504. The Labute approximate surface area is 129 Å². The van der Waals surface area contributed by atoms with Crippen molar-refractivity contribution >= 4 is 28.8 Å². The van der Waals surface area contributed by atoms with E-state index in [9.17, 15) is 18.0 Å². The second kappa shape index (κ2) is 5.81. The molecule has 2 aromatic carbocycles. The van der Waals surface area contributed by atoms with Gasteiger partial charge in [0, 0.05) is 11.3 Å². The lowest BCUT2D eigenvalue weighted by atomic mass is 9.95. The van der Waals surface area contributed by atoms with E-state index < -0.39 is 28.8 Å². The summed E-state index contributed by atoms with van der Waals surface area (Å²) in [6, 6.07) is 8.99. The summed E-state index contributed by atoms with van der Waals surface area (Å²) in [6.07, 6.45) is -4.75. The van der Waals surface area contributed by atoms with Crippen LogP contribution in [0.5, 0.6) is 0 Å². The molecule has 0 aromatic heterocycles. The predicted molar refractivity (Wildman–Crippen MR) is 78.5 cm³/mol. The molecule has 0 bridgehead atoms. The van der Waals surface area contributed by atoms with E-state index in [1.165, 1.54) is 24.3 Å².